The van der Waals surface area contributed by atoms with E-state index in [1.807, 2.05) is 33.0 Å². The lowest BCUT2D eigenvalue weighted by atomic mass is 9.95. The number of ketones is 1. The number of likely N-dealkylation sites (N-methyl/N-ethyl adjacent to an activating group) is 2. The highest BCUT2D eigenvalue weighted by Crippen LogP contribution is 2.27. The van der Waals surface area contributed by atoms with Crippen molar-refractivity contribution >= 4 is 5.78 Å². The summed E-state index contributed by atoms with van der Waals surface area (Å²) >= 11 is 0. The molecular formula is C16H24N2O2. The normalized spacial score (nSPS) is 20.9. The number of carbonyl (C=O) groups is 1. The lowest BCUT2D eigenvalue weighted by molar-refractivity contribution is 0.0683. The molecule has 0 N–H and O–H groups in total. The van der Waals surface area contributed by atoms with E-state index in [-0.39, 0.29) is 11.8 Å². The number of hydrogen-bond acceptors (Lipinski definition) is 4. The first-order valence-corrected chi connectivity index (χ1v) is 7.02. The molecule has 1 heterocycles. The minimum Gasteiger partial charge on any atom is -0.496 e. The van der Waals surface area contributed by atoms with Crippen molar-refractivity contribution in [2.45, 2.75) is 19.9 Å². The van der Waals surface area contributed by atoms with Gasteiger partial charge in [0, 0.05) is 19.6 Å². The van der Waals surface area contributed by atoms with Crippen LogP contribution in [0.3, 0.4) is 0 Å². The quantitative estimate of drug-likeness (QED) is 0.787. The molecule has 2 rings (SSSR count). The minimum absolute atomic E-state index is 0.0935. The summed E-state index contributed by atoms with van der Waals surface area (Å²) < 4.78 is 5.43. The molecule has 4 heteroatoms. The molecule has 1 unspecified atom stereocenters. The summed E-state index contributed by atoms with van der Waals surface area (Å²) in [6, 6.07) is 3.89. The van der Waals surface area contributed by atoms with Crippen LogP contribution in [0.25, 0.3) is 0 Å². The van der Waals surface area contributed by atoms with Crippen LogP contribution >= 0.6 is 0 Å². The summed E-state index contributed by atoms with van der Waals surface area (Å²) in [6.07, 6.45) is 0. The number of nitrogens with zero attached hydrogens (tertiary/aromatic N) is 2. The van der Waals surface area contributed by atoms with Crippen molar-refractivity contribution in [1.29, 1.82) is 0 Å². The number of methoxy groups -OCH3 is 1. The molecule has 1 atom stereocenters. The Morgan fingerprint density at radius 3 is 2.60 bits per heavy atom. The van der Waals surface area contributed by atoms with E-state index in [9.17, 15) is 4.79 Å². The van der Waals surface area contributed by atoms with E-state index < -0.39 is 0 Å². The number of hydrogen-bond donors (Lipinski definition) is 0. The van der Waals surface area contributed by atoms with Crippen LogP contribution in [0.4, 0.5) is 0 Å². The van der Waals surface area contributed by atoms with E-state index in [1.165, 1.54) is 0 Å². The minimum atomic E-state index is -0.0935. The molecule has 20 heavy (non-hydrogen) atoms. The van der Waals surface area contributed by atoms with Gasteiger partial charge in [0.15, 0.2) is 5.78 Å². The lowest BCUT2D eigenvalue weighted by Crippen LogP contribution is -2.53. The van der Waals surface area contributed by atoms with E-state index in [0.717, 1.165) is 36.3 Å². The first-order valence-electron chi connectivity index (χ1n) is 7.02. The van der Waals surface area contributed by atoms with E-state index in [1.54, 1.807) is 7.11 Å². The van der Waals surface area contributed by atoms with Crippen LogP contribution in [-0.4, -0.2) is 62.5 Å². The Morgan fingerprint density at radius 2 is 1.95 bits per heavy atom. The molecule has 4 nitrogen and oxygen atoms in total. The molecule has 0 radical (unpaired) electrons. The summed E-state index contributed by atoms with van der Waals surface area (Å²) in [5.74, 6) is 0.850. The van der Waals surface area contributed by atoms with Gasteiger partial charge in [0.1, 0.15) is 5.75 Å². The van der Waals surface area contributed by atoms with Gasteiger partial charge in [-0.3, -0.25) is 9.69 Å². The molecule has 1 aliphatic rings. The van der Waals surface area contributed by atoms with Crippen LogP contribution in [-0.2, 0) is 0 Å². The van der Waals surface area contributed by atoms with Crippen molar-refractivity contribution in [3.8, 4) is 5.75 Å². The molecule has 0 amide bonds. The Hall–Kier alpha value is -1.39. The fourth-order valence-corrected chi connectivity index (χ4v) is 2.87. The topological polar surface area (TPSA) is 32.8 Å². The lowest BCUT2D eigenvalue weighted by Gasteiger charge is -2.37. The van der Waals surface area contributed by atoms with Gasteiger partial charge in [-0.15, -0.1) is 0 Å². The van der Waals surface area contributed by atoms with Crippen molar-refractivity contribution in [2.75, 3.05) is 40.8 Å². The first kappa shape index (κ1) is 15.0. The maximum atomic E-state index is 12.9. The van der Waals surface area contributed by atoms with Crippen LogP contribution in [0, 0.1) is 13.8 Å². The van der Waals surface area contributed by atoms with Gasteiger partial charge in [-0.25, -0.2) is 0 Å². The fraction of sp³-hybridized carbons (Fsp3) is 0.562. The van der Waals surface area contributed by atoms with Crippen molar-refractivity contribution in [2.24, 2.45) is 0 Å². The molecule has 1 fully saturated rings. The fourth-order valence-electron chi connectivity index (χ4n) is 2.87. The van der Waals surface area contributed by atoms with E-state index in [0.29, 0.717) is 5.75 Å². The zero-order valence-corrected chi connectivity index (χ0v) is 13.1. The average Bonchev–Trinajstić information content (AvgIpc) is 2.40. The van der Waals surface area contributed by atoms with Gasteiger partial charge in [-0.2, -0.15) is 0 Å². The van der Waals surface area contributed by atoms with Crippen LogP contribution in [0.1, 0.15) is 21.5 Å². The Kier molecular flexibility index (Phi) is 4.45. The maximum Gasteiger partial charge on any atom is 0.185 e. The second-order valence-corrected chi connectivity index (χ2v) is 5.78. The van der Waals surface area contributed by atoms with Crippen LogP contribution in [0.2, 0.25) is 0 Å². The van der Waals surface area contributed by atoms with Crippen molar-refractivity contribution in [3.63, 3.8) is 0 Å². The standard InChI is InChI=1S/C16H24N2O2/c1-11-8-12(2)15(14(9-11)20-5)16(19)13-10-17(3)6-7-18(13)4/h8-9,13H,6-7,10H2,1-5H3. The Balaban J connectivity index is 2.37. The van der Waals surface area contributed by atoms with E-state index >= 15 is 0 Å². The molecular weight excluding hydrogens is 252 g/mol. The number of aryl methyl sites for hydroxylation is 2. The maximum absolute atomic E-state index is 12.9. The van der Waals surface area contributed by atoms with Gasteiger partial charge in [-0.1, -0.05) is 6.07 Å². The van der Waals surface area contributed by atoms with E-state index in [4.69, 9.17) is 4.74 Å². The predicted octanol–water partition coefficient (Wildman–Crippen LogP) is 1.74. The summed E-state index contributed by atoms with van der Waals surface area (Å²) in [6.45, 7) is 6.69. The number of piperazine rings is 1. The van der Waals surface area contributed by atoms with Gasteiger partial charge in [-0.05, 0) is 45.1 Å². The molecule has 1 saturated heterocycles. The van der Waals surface area contributed by atoms with Crippen molar-refractivity contribution in [3.05, 3.63) is 28.8 Å². The largest absolute Gasteiger partial charge is 0.496 e. The Bertz CT molecular complexity index is 513. The molecule has 110 valence electrons. The molecule has 0 spiro atoms. The van der Waals surface area contributed by atoms with Crippen molar-refractivity contribution < 1.29 is 9.53 Å². The summed E-state index contributed by atoms with van der Waals surface area (Å²) in [7, 11) is 5.71. The van der Waals surface area contributed by atoms with Crippen LogP contribution in [0.15, 0.2) is 12.1 Å². The smallest absolute Gasteiger partial charge is 0.185 e. The van der Waals surface area contributed by atoms with Gasteiger partial charge >= 0.3 is 0 Å². The number of ether oxygens (including phenoxy) is 1. The number of rotatable bonds is 3. The van der Waals surface area contributed by atoms with Crippen LogP contribution in [0.5, 0.6) is 5.75 Å². The predicted molar refractivity (Wildman–Crippen MR) is 80.7 cm³/mol. The average molecular weight is 276 g/mol. The third kappa shape index (κ3) is 2.86. The monoisotopic (exact) mass is 276 g/mol. The third-order valence-electron chi connectivity index (χ3n) is 4.06. The summed E-state index contributed by atoms with van der Waals surface area (Å²) in [4.78, 5) is 17.3. The van der Waals surface area contributed by atoms with Crippen LogP contribution < -0.4 is 4.74 Å². The zero-order valence-electron chi connectivity index (χ0n) is 13.1. The highest BCUT2D eigenvalue weighted by atomic mass is 16.5. The second-order valence-electron chi connectivity index (χ2n) is 5.78. The number of carbonyl (C=O) groups excluding carboxylic acids is 1. The highest BCUT2D eigenvalue weighted by Gasteiger charge is 2.31. The van der Waals surface area contributed by atoms with Gasteiger partial charge in [0.05, 0.1) is 18.7 Å². The molecule has 1 aromatic rings. The molecule has 0 bridgehead atoms. The first-order chi connectivity index (χ1) is 9.43. The van der Waals surface area contributed by atoms with Gasteiger partial charge in [0.25, 0.3) is 0 Å². The summed E-state index contributed by atoms with van der Waals surface area (Å²) in [5.41, 5.74) is 2.84. The van der Waals surface area contributed by atoms with E-state index in [2.05, 4.69) is 16.8 Å². The molecule has 0 aliphatic carbocycles. The number of benzene rings is 1. The highest BCUT2D eigenvalue weighted by molar-refractivity contribution is 6.04. The van der Waals surface area contributed by atoms with Gasteiger partial charge < -0.3 is 9.64 Å². The summed E-state index contributed by atoms with van der Waals surface area (Å²) in [5, 5.41) is 0. The second kappa shape index (κ2) is 5.94. The molecule has 1 aliphatic heterocycles. The number of Topliss-reactive ketones (excluding diaryl/α,β-unsaturated/α-hetero) is 1. The zero-order chi connectivity index (χ0) is 14.9. The molecule has 0 saturated carbocycles. The SMILES string of the molecule is COc1cc(C)cc(C)c1C(=O)C1CN(C)CCN1C. The van der Waals surface area contributed by atoms with Gasteiger partial charge in [0.2, 0.25) is 0 Å². The van der Waals surface area contributed by atoms with Crippen molar-refractivity contribution in [1.82, 2.24) is 9.80 Å². The molecule has 1 aromatic carbocycles. The Labute approximate surface area is 121 Å². The third-order valence-corrected chi connectivity index (χ3v) is 4.06. The Morgan fingerprint density at radius 1 is 1.25 bits per heavy atom. The molecule has 0 aromatic heterocycles.